The molecule has 0 spiro atoms. The lowest BCUT2D eigenvalue weighted by atomic mass is 9.87. The number of thioether (sulfide) groups is 1. The van der Waals surface area contributed by atoms with E-state index in [2.05, 4.69) is 26.0 Å². The van der Waals surface area contributed by atoms with Crippen LogP contribution in [0, 0.1) is 11.8 Å². The van der Waals surface area contributed by atoms with Crippen molar-refractivity contribution in [3.05, 3.63) is 30.3 Å². The van der Waals surface area contributed by atoms with Crippen LogP contribution in [-0.4, -0.2) is 22.8 Å². The number of aliphatic hydroxyl groups excluding tert-OH is 1. The molecular formula is C14H20O2S. The van der Waals surface area contributed by atoms with E-state index >= 15 is 0 Å². The van der Waals surface area contributed by atoms with Crippen LogP contribution in [-0.2, 0) is 4.74 Å². The molecule has 1 aliphatic rings. The van der Waals surface area contributed by atoms with Crippen molar-refractivity contribution in [2.75, 3.05) is 0 Å². The van der Waals surface area contributed by atoms with Crippen molar-refractivity contribution in [3.8, 4) is 0 Å². The summed E-state index contributed by atoms with van der Waals surface area (Å²) in [6.45, 7) is 6.15. The highest BCUT2D eigenvalue weighted by atomic mass is 32.2. The minimum absolute atomic E-state index is 0.0404. The van der Waals surface area contributed by atoms with Crippen LogP contribution in [0.5, 0.6) is 0 Å². The fraction of sp³-hybridized carbons (Fsp3) is 0.571. The standard InChI is InChI=1S/C14H20O2S/c1-9-11(3)16-14(10(2)13(9)15)17-12-7-5-4-6-8-12/h4-11,13-15H,1-3H3/t9-,10?,11?,13?,14-/m0/s1. The predicted octanol–water partition coefficient (Wildman–Crippen LogP) is 3.16. The molecule has 94 valence electrons. The third kappa shape index (κ3) is 2.84. The zero-order chi connectivity index (χ0) is 12.4. The Balaban J connectivity index is 2.06. The summed E-state index contributed by atoms with van der Waals surface area (Å²) >= 11 is 1.70. The maximum atomic E-state index is 10.2. The number of aliphatic hydroxyl groups is 1. The molecule has 0 amide bonds. The van der Waals surface area contributed by atoms with Crippen molar-refractivity contribution < 1.29 is 9.84 Å². The minimum atomic E-state index is -0.278. The Bertz CT molecular complexity index is 354. The molecule has 0 aliphatic carbocycles. The molecule has 1 aromatic carbocycles. The Kier molecular flexibility index (Phi) is 4.13. The number of ether oxygens (including phenoxy) is 1. The summed E-state index contributed by atoms with van der Waals surface area (Å²) in [7, 11) is 0. The summed E-state index contributed by atoms with van der Waals surface area (Å²) in [5.74, 6) is 0.365. The Hall–Kier alpha value is -0.510. The third-order valence-corrected chi connectivity index (χ3v) is 4.91. The highest BCUT2D eigenvalue weighted by molar-refractivity contribution is 7.99. The summed E-state index contributed by atoms with van der Waals surface area (Å²) < 4.78 is 5.99. The normalized spacial score (nSPS) is 38.0. The van der Waals surface area contributed by atoms with Crippen LogP contribution >= 0.6 is 11.8 Å². The van der Waals surface area contributed by atoms with Gasteiger partial charge in [0.25, 0.3) is 0 Å². The van der Waals surface area contributed by atoms with Gasteiger partial charge in [-0.15, -0.1) is 0 Å². The van der Waals surface area contributed by atoms with Gasteiger partial charge in [0.05, 0.1) is 12.2 Å². The van der Waals surface area contributed by atoms with Gasteiger partial charge in [-0.1, -0.05) is 43.8 Å². The second kappa shape index (κ2) is 5.42. The van der Waals surface area contributed by atoms with Gasteiger partial charge in [0.2, 0.25) is 0 Å². The van der Waals surface area contributed by atoms with Gasteiger partial charge in [0.15, 0.2) is 0 Å². The van der Waals surface area contributed by atoms with Gasteiger partial charge in [-0.3, -0.25) is 0 Å². The van der Waals surface area contributed by atoms with Gasteiger partial charge in [0, 0.05) is 16.7 Å². The predicted molar refractivity (Wildman–Crippen MR) is 71.0 cm³/mol. The van der Waals surface area contributed by atoms with E-state index in [1.165, 1.54) is 4.90 Å². The number of hydrogen-bond donors (Lipinski definition) is 1. The SMILES string of the molecule is CC1O[C@@H](Sc2ccccc2)C(C)C(O)[C@H]1C. The lowest BCUT2D eigenvalue weighted by Gasteiger charge is -2.41. The molecule has 1 saturated heterocycles. The average molecular weight is 252 g/mol. The van der Waals surface area contributed by atoms with Crippen molar-refractivity contribution >= 4 is 11.8 Å². The van der Waals surface area contributed by atoms with E-state index in [0.717, 1.165) is 0 Å². The summed E-state index contributed by atoms with van der Waals surface area (Å²) in [5, 5.41) is 10.2. The van der Waals surface area contributed by atoms with Gasteiger partial charge < -0.3 is 9.84 Å². The van der Waals surface area contributed by atoms with Gasteiger partial charge >= 0.3 is 0 Å². The largest absolute Gasteiger partial charge is 0.392 e. The average Bonchev–Trinajstić information content (AvgIpc) is 2.35. The molecule has 2 rings (SSSR count). The molecule has 1 fully saturated rings. The van der Waals surface area contributed by atoms with Gasteiger partial charge in [0.1, 0.15) is 5.44 Å². The van der Waals surface area contributed by atoms with Gasteiger partial charge in [-0.25, -0.2) is 0 Å². The van der Waals surface area contributed by atoms with Crippen molar-refractivity contribution in [1.29, 1.82) is 0 Å². The lowest BCUT2D eigenvalue weighted by molar-refractivity contribution is -0.124. The lowest BCUT2D eigenvalue weighted by Crippen LogP contribution is -2.46. The van der Waals surface area contributed by atoms with Crippen molar-refractivity contribution in [3.63, 3.8) is 0 Å². The maximum Gasteiger partial charge on any atom is 0.113 e. The van der Waals surface area contributed by atoms with Crippen LogP contribution < -0.4 is 0 Å². The molecule has 0 bridgehead atoms. The van der Waals surface area contributed by atoms with E-state index in [0.29, 0.717) is 0 Å². The Labute approximate surface area is 107 Å². The van der Waals surface area contributed by atoms with E-state index in [9.17, 15) is 5.11 Å². The number of benzene rings is 1. The van der Waals surface area contributed by atoms with Crippen molar-refractivity contribution in [2.24, 2.45) is 11.8 Å². The molecule has 0 radical (unpaired) electrons. The van der Waals surface area contributed by atoms with Crippen LogP contribution in [0.15, 0.2) is 35.2 Å². The highest BCUT2D eigenvalue weighted by Crippen LogP contribution is 2.38. The first-order chi connectivity index (χ1) is 8.09. The van der Waals surface area contributed by atoms with Crippen LogP contribution in [0.25, 0.3) is 0 Å². The monoisotopic (exact) mass is 252 g/mol. The van der Waals surface area contributed by atoms with E-state index in [1.807, 2.05) is 25.1 Å². The molecule has 0 saturated carbocycles. The van der Waals surface area contributed by atoms with Crippen molar-refractivity contribution in [2.45, 2.75) is 43.3 Å². The quantitative estimate of drug-likeness (QED) is 0.876. The molecule has 3 unspecified atom stereocenters. The Morgan fingerprint density at radius 3 is 2.35 bits per heavy atom. The number of hydrogen-bond acceptors (Lipinski definition) is 3. The van der Waals surface area contributed by atoms with Crippen LogP contribution in [0.3, 0.4) is 0 Å². The minimum Gasteiger partial charge on any atom is -0.392 e. The summed E-state index contributed by atoms with van der Waals surface area (Å²) in [5.41, 5.74) is 0.0404. The number of rotatable bonds is 2. The molecule has 1 heterocycles. The Morgan fingerprint density at radius 1 is 1.06 bits per heavy atom. The maximum absolute atomic E-state index is 10.2. The fourth-order valence-electron chi connectivity index (χ4n) is 2.15. The molecular weight excluding hydrogens is 232 g/mol. The molecule has 17 heavy (non-hydrogen) atoms. The first kappa shape index (κ1) is 12.9. The molecule has 0 aromatic heterocycles. The fourth-order valence-corrected chi connectivity index (χ4v) is 3.33. The first-order valence-corrected chi connectivity index (χ1v) is 7.03. The zero-order valence-electron chi connectivity index (χ0n) is 10.5. The Morgan fingerprint density at radius 2 is 1.71 bits per heavy atom. The molecule has 2 nitrogen and oxygen atoms in total. The van der Waals surface area contributed by atoms with E-state index in [4.69, 9.17) is 4.74 Å². The van der Waals surface area contributed by atoms with Crippen LogP contribution in [0.2, 0.25) is 0 Å². The zero-order valence-corrected chi connectivity index (χ0v) is 11.4. The van der Waals surface area contributed by atoms with E-state index < -0.39 is 0 Å². The smallest absolute Gasteiger partial charge is 0.113 e. The van der Waals surface area contributed by atoms with Gasteiger partial charge in [-0.05, 0) is 19.1 Å². The molecule has 5 atom stereocenters. The highest BCUT2D eigenvalue weighted by Gasteiger charge is 2.38. The summed E-state index contributed by atoms with van der Waals surface area (Å²) in [6.07, 6.45) is -0.164. The van der Waals surface area contributed by atoms with Gasteiger partial charge in [-0.2, -0.15) is 0 Å². The van der Waals surface area contributed by atoms with Crippen molar-refractivity contribution in [1.82, 2.24) is 0 Å². The van der Waals surface area contributed by atoms with Crippen LogP contribution in [0.4, 0.5) is 0 Å². The second-order valence-corrected chi connectivity index (χ2v) is 6.02. The third-order valence-electron chi connectivity index (χ3n) is 3.59. The second-order valence-electron chi connectivity index (χ2n) is 4.85. The van der Waals surface area contributed by atoms with Crippen LogP contribution in [0.1, 0.15) is 20.8 Å². The molecule has 3 heteroatoms. The topological polar surface area (TPSA) is 29.5 Å². The molecule has 1 N–H and O–H groups in total. The first-order valence-electron chi connectivity index (χ1n) is 6.15. The summed E-state index contributed by atoms with van der Waals surface area (Å²) in [6, 6.07) is 10.2. The van der Waals surface area contributed by atoms with E-state index in [1.54, 1.807) is 11.8 Å². The van der Waals surface area contributed by atoms with E-state index in [-0.39, 0.29) is 29.5 Å². The summed E-state index contributed by atoms with van der Waals surface area (Å²) in [4.78, 5) is 1.19. The molecule has 1 aromatic rings. The molecule has 1 aliphatic heterocycles.